The molecule has 0 aliphatic carbocycles. The van der Waals surface area contributed by atoms with E-state index in [9.17, 15) is 35.5 Å². The van der Waals surface area contributed by atoms with Crippen LogP contribution in [-0.4, -0.2) is 19.6 Å². The van der Waals surface area contributed by atoms with E-state index in [0.29, 0.717) is 36.9 Å². The summed E-state index contributed by atoms with van der Waals surface area (Å²) >= 11 is 6.82. The summed E-state index contributed by atoms with van der Waals surface area (Å²) in [4.78, 5) is 11.4. The van der Waals surface area contributed by atoms with Crippen molar-refractivity contribution >= 4 is 31.9 Å². The molecule has 0 radical (unpaired) electrons. The van der Waals surface area contributed by atoms with Crippen molar-refractivity contribution in [3.63, 3.8) is 0 Å². The average molecular weight is 842 g/mol. The minimum Gasteiger partial charge on any atom is -0.439 e. The number of ether oxygens (including phenoxy) is 1. The molecule has 1 N–H and O–H groups in total. The minimum absolute atomic E-state index is 0.00692. The molecule has 0 bridgehead atoms. The molecule has 6 rings (SSSR count). The molecule has 6 aromatic rings. The fourth-order valence-electron chi connectivity index (χ4n) is 4.44. The van der Waals surface area contributed by atoms with Gasteiger partial charge in [-0.15, -0.1) is 0 Å². The van der Waals surface area contributed by atoms with Crippen molar-refractivity contribution in [1.29, 1.82) is 0 Å². The van der Waals surface area contributed by atoms with Gasteiger partial charge in [0.15, 0.2) is 0 Å². The number of hydrogen-bond acceptors (Lipinski definition) is 3. The Morgan fingerprint density at radius 3 is 1.73 bits per heavy atom. The fraction of sp³-hybridized carbons (Fsp3) is 0.167. The Kier molecular flexibility index (Phi) is 13.1. The second-order valence-corrected chi connectivity index (χ2v) is 12.4. The van der Waals surface area contributed by atoms with E-state index >= 15 is 0 Å². The van der Waals surface area contributed by atoms with Crippen molar-refractivity contribution in [3.8, 4) is 34.1 Å². The van der Waals surface area contributed by atoms with E-state index in [1.807, 2.05) is 62.4 Å². The number of nitrogens with one attached hydrogen (secondary N) is 1. The number of halogens is 9. The Balaban J connectivity index is 0.000000190. The molecule has 0 atom stereocenters. The van der Waals surface area contributed by atoms with E-state index in [2.05, 4.69) is 42.1 Å². The van der Waals surface area contributed by atoms with Crippen molar-refractivity contribution < 1.29 is 35.5 Å². The lowest BCUT2D eigenvalue weighted by atomic mass is 10.2. The van der Waals surface area contributed by atoms with Crippen LogP contribution in [0.1, 0.15) is 25.0 Å². The summed E-state index contributed by atoms with van der Waals surface area (Å²) in [5.41, 5.74) is 1.96. The monoisotopic (exact) mass is 840 g/mol. The van der Waals surface area contributed by atoms with Gasteiger partial charge >= 0.3 is 12.4 Å². The number of nitrogens with zero attached hydrogens (tertiary/aromatic N) is 3. The fourth-order valence-corrected chi connectivity index (χ4v) is 5.24. The van der Waals surface area contributed by atoms with Gasteiger partial charge in [-0.25, -0.2) is 9.07 Å². The Morgan fingerprint density at radius 1 is 0.706 bits per heavy atom. The molecule has 0 spiro atoms. The van der Waals surface area contributed by atoms with E-state index in [1.165, 1.54) is 12.1 Å². The van der Waals surface area contributed by atoms with E-state index in [1.54, 1.807) is 21.5 Å². The van der Waals surface area contributed by atoms with Crippen LogP contribution in [0.3, 0.4) is 0 Å². The summed E-state index contributed by atoms with van der Waals surface area (Å²) in [5, 5.41) is 7.54. The van der Waals surface area contributed by atoms with E-state index in [0.717, 1.165) is 55.7 Å². The average Bonchev–Trinajstić information content (AvgIpc) is 3.67. The van der Waals surface area contributed by atoms with Gasteiger partial charge in [-0.3, -0.25) is 14.6 Å². The first-order valence-corrected chi connectivity index (χ1v) is 16.7. The molecule has 51 heavy (non-hydrogen) atoms. The molecule has 0 saturated heterocycles. The van der Waals surface area contributed by atoms with Gasteiger partial charge in [0.2, 0.25) is 5.88 Å². The second kappa shape index (κ2) is 17.1. The Labute approximate surface area is 304 Å². The lowest BCUT2D eigenvalue weighted by Crippen LogP contribution is -2.13. The van der Waals surface area contributed by atoms with Gasteiger partial charge in [-0.1, -0.05) is 56.1 Å². The highest BCUT2D eigenvalue weighted by Gasteiger charge is 2.30. The summed E-state index contributed by atoms with van der Waals surface area (Å²) in [7, 11) is 0. The van der Waals surface area contributed by atoms with Gasteiger partial charge in [0, 0.05) is 45.3 Å². The van der Waals surface area contributed by atoms with Crippen molar-refractivity contribution in [2.24, 2.45) is 0 Å². The smallest absolute Gasteiger partial charge is 0.416 e. The van der Waals surface area contributed by atoms with Gasteiger partial charge in [-0.2, -0.15) is 31.4 Å². The van der Waals surface area contributed by atoms with Crippen molar-refractivity contribution in [3.05, 3.63) is 145 Å². The van der Waals surface area contributed by atoms with Crippen LogP contribution >= 0.6 is 31.9 Å². The summed E-state index contributed by atoms with van der Waals surface area (Å²) in [6.07, 6.45) is -8.74. The number of alkyl halides is 6. The molecule has 0 amide bonds. The van der Waals surface area contributed by atoms with Crippen LogP contribution in [0.2, 0.25) is 0 Å². The largest absolute Gasteiger partial charge is 0.439 e. The summed E-state index contributed by atoms with van der Waals surface area (Å²) in [5.74, 6) is 0.124. The maximum atomic E-state index is 12.6. The van der Waals surface area contributed by atoms with Crippen molar-refractivity contribution in [2.75, 3.05) is 0 Å². The normalized spacial score (nSPS) is 11.3. The zero-order valence-corrected chi connectivity index (χ0v) is 30.0. The zero-order valence-electron chi connectivity index (χ0n) is 26.9. The van der Waals surface area contributed by atoms with Crippen molar-refractivity contribution in [2.45, 2.75) is 39.3 Å². The van der Waals surface area contributed by atoms with E-state index in [-0.39, 0.29) is 5.56 Å². The number of aryl methyl sites for hydroxylation is 2. The molecular weight excluding hydrogens is 813 g/mol. The van der Waals surface area contributed by atoms with E-state index in [4.69, 9.17) is 4.74 Å². The van der Waals surface area contributed by atoms with Crippen LogP contribution in [0.15, 0.2) is 123 Å². The summed E-state index contributed by atoms with van der Waals surface area (Å²) in [6, 6.07) is 26.5. The molecular formula is C36H29Br2F7N4O2. The van der Waals surface area contributed by atoms with Crippen molar-refractivity contribution in [1.82, 2.24) is 19.6 Å². The molecule has 4 aromatic carbocycles. The third-order valence-electron chi connectivity index (χ3n) is 6.98. The molecule has 268 valence electrons. The quantitative estimate of drug-likeness (QED) is 0.170. The Morgan fingerprint density at radius 2 is 1.24 bits per heavy atom. The number of hydrogen-bond donors (Lipinski definition) is 1. The lowest BCUT2D eigenvalue weighted by Gasteiger charge is -2.09. The molecule has 2 aromatic heterocycles. The third-order valence-corrected chi connectivity index (χ3v) is 7.97. The number of benzene rings is 4. The van der Waals surface area contributed by atoms with Crippen LogP contribution in [0.25, 0.3) is 22.5 Å². The van der Waals surface area contributed by atoms with Gasteiger partial charge < -0.3 is 4.74 Å². The zero-order chi connectivity index (χ0) is 37.3. The first-order chi connectivity index (χ1) is 24.1. The third kappa shape index (κ3) is 11.2. The van der Waals surface area contributed by atoms with Gasteiger partial charge in [0.05, 0.1) is 22.5 Å². The standard InChI is InChI=1S/C18H14BrF3N2O.C11H11BrN2O.C7H4F4/c1-2-24-17(11-16(23-24)12-4-3-5-14(19)10-12)25-15-8-6-13(7-9-15)18(20,21)22;1-2-14-11(15)7-10(13-14)8-4-3-5-9(12)6-8;8-6-3-1-5(2-4-6)7(9,10)11/h3-11H,2H2,1H3;3-7,13H,2H2,1H3;1-4H. The maximum Gasteiger partial charge on any atom is 0.416 e. The second-order valence-electron chi connectivity index (χ2n) is 10.6. The molecule has 15 heteroatoms. The molecule has 0 aliphatic rings. The minimum atomic E-state index is -4.38. The van der Waals surface area contributed by atoms with Crippen LogP contribution in [0, 0.1) is 5.82 Å². The SMILES string of the molecule is CCn1[nH]c(-c2cccc(Br)c2)cc1=O.CCn1nc(-c2cccc(Br)c2)cc1Oc1ccc(C(F)(F)F)cc1.Fc1ccc(C(F)(F)F)cc1. The topological polar surface area (TPSA) is 64.8 Å². The molecule has 0 saturated carbocycles. The number of H-pyrrole nitrogens is 1. The first-order valence-electron chi connectivity index (χ1n) is 15.1. The van der Waals surface area contributed by atoms with Crippen LogP contribution in [-0.2, 0) is 25.4 Å². The maximum absolute atomic E-state index is 12.6. The van der Waals surface area contributed by atoms with Gasteiger partial charge in [0.25, 0.3) is 5.56 Å². The lowest BCUT2D eigenvalue weighted by molar-refractivity contribution is -0.138. The van der Waals surface area contributed by atoms with Crippen LogP contribution < -0.4 is 10.3 Å². The molecule has 0 unspecified atom stereocenters. The Bertz CT molecular complexity index is 2090. The molecule has 0 aliphatic heterocycles. The predicted molar refractivity (Wildman–Crippen MR) is 188 cm³/mol. The Hall–Kier alpha value is -4.63. The van der Waals surface area contributed by atoms with Crippen LogP contribution in [0.4, 0.5) is 30.7 Å². The van der Waals surface area contributed by atoms with Gasteiger partial charge in [-0.05, 0) is 86.6 Å². The highest BCUT2D eigenvalue weighted by atomic mass is 79.9. The summed E-state index contributed by atoms with van der Waals surface area (Å²) < 4.78 is 96.3. The molecule has 6 nitrogen and oxygen atoms in total. The predicted octanol–water partition coefficient (Wildman–Crippen LogP) is 11.6. The first kappa shape index (κ1) is 39.2. The number of aromatic nitrogens is 4. The highest BCUT2D eigenvalue weighted by molar-refractivity contribution is 9.10. The number of aromatic amines is 1. The molecule has 0 fully saturated rings. The number of rotatable bonds is 6. The highest BCUT2D eigenvalue weighted by Crippen LogP contribution is 2.33. The molecule has 2 heterocycles. The van der Waals surface area contributed by atoms with Crippen LogP contribution in [0.5, 0.6) is 11.6 Å². The van der Waals surface area contributed by atoms with Gasteiger partial charge in [0.1, 0.15) is 11.6 Å². The summed E-state index contributed by atoms with van der Waals surface area (Å²) in [6.45, 7) is 5.08. The van der Waals surface area contributed by atoms with E-state index < -0.39 is 29.3 Å².